The molecule has 106 valence electrons. The Hall–Kier alpha value is -1.31. The fraction of sp³-hybridized carbons (Fsp3) is 0.462. The van der Waals surface area contributed by atoms with Gasteiger partial charge in [-0.15, -0.1) is 10.2 Å². The molecule has 0 atom stereocenters. The maximum Gasteiger partial charge on any atom is 0.229 e. The summed E-state index contributed by atoms with van der Waals surface area (Å²) in [5.41, 5.74) is 0.188. The Morgan fingerprint density at radius 1 is 1.40 bits per heavy atom. The third kappa shape index (κ3) is 3.05. The summed E-state index contributed by atoms with van der Waals surface area (Å²) in [6.45, 7) is 0. The van der Waals surface area contributed by atoms with E-state index in [2.05, 4.69) is 15.5 Å². The molecule has 0 aromatic carbocycles. The summed E-state index contributed by atoms with van der Waals surface area (Å²) >= 11 is 2.94. The molecule has 7 heteroatoms. The van der Waals surface area contributed by atoms with E-state index in [0.29, 0.717) is 18.0 Å². The van der Waals surface area contributed by atoms with Gasteiger partial charge in [0.1, 0.15) is 5.01 Å². The van der Waals surface area contributed by atoms with Gasteiger partial charge in [-0.25, -0.2) is 0 Å². The zero-order valence-electron chi connectivity index (χ0n) is 10.8. The predicted molar refractivity (Wildman–Crippen MR) is 79.9 cm³/mol. The van der Waals surface area contributed by atoms with Crippen molar-refractivity contribution in [1.29, 1.82) is 0 Å². The number of carbonyl (C=O) groups excluding carboxylic acids is 1. The quantitative estimate of drug-likeness (QED) is 0.910. The number of thiophene rings is 1. The van der Waals surface area contributed by atoms with Crippen molar-refractivity contribution in [2.75, 3.05) is 5.32 Å². The van der Waals surface area contributed by atoms with E-state index < -0.39 is 5.60 Å². The van der Waals surface area contributed by atoms with Crippen molar-refractivity contribution in [3.63, 3.8) is 0 Å². The van der Waals surface area contributed by atoms with Crippen molar-refractivity contribution in [3.8, 4) is 10.6 Å². The average molecular weight is 309 g/mol. The summed E-state index contributed by atoms with van der Waals surface area (Å²) < 4.78 is 0. The van der Waals surface area contributed by atoms with Crippen LogP contribution in [0.3, 0.4) is 0 Å². The fourth-order valence-electron chi connectivity index (χ4n) is 2.45. The number of hydrogen-bond donors (Lipinski definition) is 2. The van der Waals surface area contributed by atoms with Crippen LogP contribution in [0.1, 0.15) is 32.1 Å². The zero-order chi connectivity index (χ0) is 14.0. The molecule has 5 nitrogen and oxygen atoms in total. The number of aliphatic hydroxyl groups is 1. The second kappa shape index (κ2) is 5.59. The lowest BCUT2D eigenvalue weighted by molar-refractivity contribution is -0.120. The van der Waals surface area contributed by atoms with Crippen LogP contribution in [0.15, 0.2) is 16.8 Å². The number of nitrogens with one attached hydrogen (secondary N) is 1. The SMILES string of the molecule is O=C(CC1(O)CCCC1)Nc1nnc(-c2ccsc2)s1. The molecule has 1 aliphatic carbocycles. The molecule has 2 aromatic rings. The first-order valence-corrected chi connectivity index (χ1v) is 8.29. The van der Waals surface area contributed by atoms with Gasteiger partial charge in [0.2, 0.25) is 11.0 Å². The van der Waals surface area contributed by atoms with Crippen LogP contribution < -0.4 is 5.32 Å². The molecule has 1 saturated carbocycles. The summed E-state index contributed by atoms with van der Waals surface area (Å²) in [6, 6.07) is 1.97. The third-order valence-electron chi connectivity index (χ3n) is 3.46. The van der Waals surface area contributed by atoms with Crippen molar-refractivity contribution >= 4 is 33.7 Å². The van der Waals surface area contributed by atoms with Gasteiger partial charge >= 0.3 is 0 Å². The number of hydrogen-bond acceptors (Lipinski definition) is 6. The number of carbonyl (C=O) groups is 1. The molecule has 2 N–H and O–H groups in total. The number of rotatable bonds is 4. The Balaban J connectivity index is 1.62. The Morgan fingerprint density at radius 3 is 2.90 bits per heavy atom. The van der Waals surface area contributed by atoms with Crippen molar-refractivity contribution in [2.45, 2.75) is 37.7 Å². The van der Waals surface area contributed by atoms with Crippen LogP contribution in [-0.2, 0) is 4.79 Å². The molecule has 1 fully saturated rings. The monoisotopic (exact) mass is 309 g/mol. The van der Waals surface area contributed by atoms with Crippen LogP contribution in [0, 0.1) is 0 Å². The minimum absolute atomic E-state index is 0.139. The lowest BCUT2D eigenvalue weighted by Crippen LogP contribution is -2.30. The smallest absolute Gasteiger partial charge is 0.229 e. The van der Waals surface area contributed by atoms with Crippen molar-refractivity contribution in [1.82, 2.24) is 10.2 Å². The summed E-state index contributed by atoms with van der Waals surface area (Å²) in [5.74, 6) is -0.192. The van der Waals surface area contributed by atoms with E-state index in [9.17, 15) is 9.90 Å². The second-order valence-corrected chi connectivity index (χ2v) is 6.84. The van der Waals surface area contributed by atoms with Crippen LogP contribution in [0.5, 0.6) is 0 Å². The highest BCUT2D eigenvalue weighted by Crippen LogP contribution is 2.33. The van der Waals surface area contributed by atoms with Gasteiger partial charge in [-0.1, -0.05) is 24.2 Å². The lowest BCUT2D eigenvalue weighted by atomic mass is 9.98. The molecule has 2 heterocycles. The van der Waals surface area contributed by atoms with Crippen LogP contribution in [0.4, 0.5) is 5.13 Å². The van der Waals surface area contributed by atoms with Gasteiger partial charge in [-0.2, -0.15) is 11.3 Å². The first-order chi connectivity index (χ1) is 9.65. The molecule has 0 unspecified atom stereocenters. The molecule has 0 saturated heterocycles. The van der Waals surface area contributed by atoms with E-state index in [1.54, 1.807) is 11.3 Å². The standard InChI is InChI=1S/C13H15N3O2S2/c17-10(7-13(18)4-1-2-5-13)14-12-16-15-11(20-12)9-3-6-19-8-9/h3,6,8,18H,1-2,4-5,7H2,(H,14,16,17). The lowest BCUT2D eigenvalue weighted by Gasteiger charge is -2.20. The normalized spacial score (nSPS) is 17.2. The highest BCUT2D eigenvalue weighted by Gasteiger charge is 2.33. The summed E-state index contributed by atoms with van der Waals surface area (Å²) in [4.78, 5) is 11.9. The van der Waals surface area contributed by atoms with Crippen molar-refractivity contribution in [2.24, 2.45) is 0 Å². The minimum atomic E-state index is -0.828. The summed E-state index contributed by atoms with van der Waals surface area (Å²) in [7, 11) is 0. The number of anilines is 1. The number of amides is 1. The molecule has 1 amide bonds. The minimum Gasteiger partial charge on any atom is -0.389 e. The molecular formula is C13H15N3O2S2. The first-order valence-electron chi connectivity index (χ1n) is 6.53. The van der Waals surface area contributed by atoms with Crippen LogP contribution in [-0.4, -0.2) is 26.8 Å². The molecule has 0 radical (unpaired) electrons. The van der Waals surface area contributed by atoms with E-state index in [0.717, 1.165) is 23.4 Å². The van der Waals surface area contributed by atoms with E-state index in [1.807, 2.05) is 16.8 Å². The summed E-state index contributed by atoms with van der Waals surface area (Å²) in [6.07, 6.45) is 3.53. The molecule has 0 spiro atoms. The maximum absolute atomic E-state index is 11.9. The Kier molecular flexibility index (Phi) is 3.82. The summed E-state index contributed by atoms with van der Waals surface area (Å²) in [5, 5.41) is 26.2. The largest absolute Gasteiger partial charge is 0.389 e. The van der Waals surface area contributed by atoms with Gasteiger partial charge in [-0.3, -0.25) is 4.79 Å². The van der Waals surface area contributed by atoms with Crippen LogP contribution in [0.2, 0.25) is 0 Å². The average Bonchev–Trinajstić information content (AvgIpc) is 3.08. The van der Waals surface area contributed by atoms with Gasteiger partial charge in [-0.05, 0) is 24.3 Å². The Bertz CT molecular complexity index is 589. The number of nitrogens with zero attached hydrogens (tertiary/aromatic N) is 2. The third-order valence-corrected chi connectivity index (χ3v) is 5.03. The predicted octanol–water partition coefficient (Wildman–Crippen LogP) is 2.90. The maximum atomic E-state index is 11.9. The van der Waals surface area contributed by atoms with Gasteiger partial charge in [0.15, 0.2) is 0 Å². The molecule has 20 heavy (non-hydrogen) atoms. The van der Waals surface area contributed by atoms with E-state index >= 15 is 0 Å². The van der Waals surface area contributed by atoms with Crippen LogP contribution >= 0.6 is 22.7 Å². The fourth-order valence-corrected chi connectivity index (χ4v) is 3.92. The van der Waals surface area contributed by atoms with E-state index in [4.69, 9.17) is 0 Å². The second-order valence-electron chi connectivity index (χ2n) is 5.08. The van der Waals surface area contributed by atoms with Gasteiger partial charge in [0.25, 0.3) is 0 Å². The molecule has 1 aliphatic rings. The van der Waals surface area contributed by atoms with Crippen LogP contribution in [0.25, 0.3) is 10.6 Å². The first kappa shape index (κ1) is 13.7. The Labute approximate surface area is 124 Å². The topological polar surface area (TPSA) is 75.1 Å². The van der Waals surface area contributed by atoms with Gasteiger partial charge in [0.05, 0.1) is 12.0 Å². The van der Waals surface area contributed by atoms with Crippen molar-refractivity contribution in [3.05, 3.63) is 16.8 Å². The molecule has 0 bridgehead atoms. The Morgan fingerprint density at radius 2 is 2.20 bits per heavy atom. The highest BCUT2D eigenvalue weighted by atomic mass is 32.1. The van der Waals surface area contributed by atoms with Gasteiger partial charge < -0.3 is 10.4 Å². The van der Waals surface area contributed by atoms with E-state index in [1.165, 1.54) is 11.3 Å². The molecule has 3 rings (SSSR count). The zero-order valence-corrected chi connectivity index (χ0v) is 12.5. The van der Waals surface area contributed by atoms with Crippen molar-refractivity contribution < 1.29 is 9.90 Å². The highest BCUT2D eigenvalue weighted by molar-refractivity contribution is 7.19. The molecule has 2 aromatic heterocycles. The van der Waals surface area contributed by atoms with E-state index in [-0.39, 0.29) is 12.3 Å². The van der Waals surface area contributed by atoms with Gasteiger partial charge in [0, 0.05) is 10.9 Å². The number of aromatic nitrogens is 2. The molecule has 0 aliphatic heterocycles. The molecular weight excluding hydrogens is 294 g/mol.